The number of ether oxygens (including phenoxy) is 1. The molecule has 0 radical (unpaired) electrons. The molecule has 1 amide bonds. The zero-order valence-corrected chi connectivity index (χ0v) is 15.7. The van der Waals surface area contributed by atoms with E-state index in [1.54, 1.807) is 12.1 Å². The maximum Gasteiger partial charge on any atom is 0.411 e. The number of unbranched alkanes of at least 4 members (excludes halogenated alkanes) is 3. The molecule has 1 N–H and O–H groups in total. The third-order valence-corrected chi connectivity index (χ3v) is 6.20. The van der Waals surface area contributed by atoms with E-state index < -0.39 is 16.1 Å². The number of piperidine rings is 1. The van der Waals surface area contributed by atoms with E-state index in [9.17, 15) is 13.2 Å². The summed E-state index contributed by atoms with van der Waals surface area (Å²) in [5, 5.41) is 2.62. The molecular formula is C18H28N2O4S. The zero-order valence-electron chi connectivity index (χ0n) is 14.9. The second-order valence-electron chi connectivity index (χ2n) is 6.31. The van der Waals surface area contributed by atoms with Crippen LogP contribution in [0.15, 0.2) is 29.2 Å². The number of anilines is 1. The molecule has 0 aromatic heterocycles. The molecule has 0 unspecified atom stereocenters. The van der Waals surface area contributed by atoms with E-state index in [0.717, 1.165) is 44.9 Å². The van der Waals surface area contributed by atoms with Crippen LogP contribution in [0.25, 0.3) is 0 Å². The van der Waals surface area contributed by atoms with Gasteiger partial charge in [0.05, 0.1) is 11.5 Å². The minimum Gasteiger partial charge on any atom is -0.449 e. The molecule has 7 heteroatoms. The number of amides is 1. The fourth-order valence-corrected chi connectivity index (χ4v) is 4.33. The Morgan fingerprint density at radius 3 is 2.40 bits per heavy atom. The van der Waals surface area contributed by atoms with Crippen molar-refractivity contribution in [3.05, 3.63) is 24.3 Å². The quantitative estimate of drug-likeness (QED) is 0.704. The first-order chi connectivity index (χ1) is 12.0. The molecule has 1 aliphatic heterocycles. The van der Waals surface area contributed by atoms with Gasteiger partial charge in [-0.25, -0.2) is 13.2 Å². The largest absolute Gasteiger partial charge is 0.449 e. The van der Waals surface area contributed by atoms with Crippen LogP contribution in [0, 0.1) is 0 Å². The van der Waals surface area contributed by atoms with E-state index in [0.29, 0.717) is 25.4 Å². The molecule has 0 atom stereocenters. The highest BCUT2D eigenvalue weighted by Gasteiger charge is 2.25. The molecule has 0 bridgehead atoms. The van der Waals surface area contributed by atoms with Gasteiger partial charge < -0.3 is 4.74 Å². The summed E-state index contributed by atoms with van der Waals surface area (Å²) in [6.45, 7) is 3.68. The number of nitrogens with one attached hydrogen (secondary N) is 1. The number of rotatable bonds is 8. The molecule has 1 aliphatic rings. The molecular weight excluding hydrogens is 340 g/mol. The fourth-order valence-electron chi connectivity index (χ4n) is 2.81. The summed E-state index contributed by atoms with van der Waals surface area (Å²) in [7, 11) is -3.44. The molecule has 1 aromatic carbocycles. The highest BCUT2D eigenvalue weighted by Crippen LogP contribution is 2.22. The molecule has 0 spiro atoms. The Kier molecular flexibility index (Phi) is 7.71. The molecule has 1 fully saturated rings. The van der Waals surface area contributed by atoms with Gasteiger partial charge in [0.2, 0.25) is 10.0 Å². The lowest BCUT2D eigenvalue weighted by atomic mass is 10.2. The summed E-state index contributed by atoms with van der Waals surface area (Å²) >= 11 is 0. The second kappa shape index (κ2) is 9.77. The van der Waals surface area contributed by atoms with Crippen LogP contribution in [0.3, 0.4) is 0 Å². The van der Waals surface area contributed by atoms with Crippen LogP contribution in [-0.4, -0.2) is 38.5 Å². The molecule has 1 aromatic rings. The van der Waals surface area contributed by atoms with Crippen molar-refractivity contribution < 1.29 is 17.9 Å². The first kappa shape index (κ1) is 19.7. The van der Waals surface area contributed by atoms with Gasteiger partial charge in [-0.05, 0) is 43.5 Å². The summed E-state index contributed by atoms with van der Waals surface area (Å²) in [6.07, 6.45) is 6.56. The average Bonchev–Trinajstić information content (AvgIpc) is 2.63. The van der Waals surface area contributed by atoms with Crippen LogP contribution in [-0.2, 0) is 14.8 Å². The molecule has 1 heterocycles. The van der Waals surface area contributed by atoms with Crippen LogP contribution in [0.5, 0.6) is 0 Å². The highest BCUT2D eigenvalue weighted by molar-refractivity contribution is 7.89. The van der Waals surface area contributed by atoms with Crippen LogP contribution in [0.1, 0.15) is 51.9 Å². The topological polar surface area (TPSA) is 75.7 Å². The molecule has 1 saturated heterocycles. The van der Waals surface area contributed by atoms with Gasteiger partial charge in [0, 0.05) is 18.8 Å². The summed E-state index contributed by atoms with van der Waals surface area (Å²) < 4.78 is 31.8. The first-order valence-electron chi connectivity index (χ1n) is 9.08. The van der Waals surface area contributed by atoms with E-state index in [-0.39, 0.29) is 4.90 Å². The van der Waals surface area contributed by atoms with Gasteiger partial charge in [-0.2, -0.15) is 4.31 Å². The number of hydrogen-bond acceptors (Lipinski definition) is 4. The lowest BCUT2D eigenvalue weighted by molar-refractivity contribution is 0.159. The van der Waals surface area contributed by atoms with Gasteiger partial charge in [-0.1, -0.05) is 32.6 Å². The van der Waals surface area contributed by atoms with Gasteiger partial charge in [-0.3, -0.25) is 5.32 Å². The maximum absolute atomic E-state index is 12.6. The summed E-state index contributed by atoms with van der Waals surface area (Å²) in [6, 6.07) is 6.24. The normalized spacial score (nSPS) is 15.7. The average molecular weight is 368 g/mol. The Labute approximate surface area is 150 Å². The number of sulfonamides is 1. The minimum atomic E-state index is -3.44. The van der Waals surface area contributed by atoms with E-state index in [1.165, 1.54) is 16.4 Å². The van der Waals surface area contributed by atoms with Crippen LogP contribution in [0.2, 0.25) is 0 Å². The van der Waals surface area contributed by atoms with Gasteiger partial charge in [-0.15, -0.1) is 0 Å². The van der Waals surface area contributed by atoms with Crippen molar-refractivity contribution >= 4 is 21.8 Å². The SMILES string of the molecule is CCCCCCOC(=O)Nc1ccc(S(=O)(=O)N2CCCCC2)cc1. The number of benzene rings is 1. The van der Waals surface area contributed by atoms with Crippen molar-refractivity contribution in [1.82, 2.24) is 4.31 Å². The Morgan fingerprint density at radius 2 is 1.76 bits per heavy atom. The molecule has 25 heavy (non-hydrogen) atoms. The second-order valence-corrected chi connectivity index (χ2v) is 8.25. The standard InChI is InChI=1S/C18H28N2O4S/c1-2-3-4-8-15-24-18(21)19-16-9-11-17(12-10-16)25(22,23)20-13-6-5-7-14-20/h9-12H,2-8,13-15H2,1H3,(H,19,21). The number of nitrogens with zero attached hydrogens (tertiary/aromatic N) is 1. The fraction of sp³-hybridized carbons (Fsp3) is 0.611. The predicted octanol–water partition coefficient (Wildman–Crippen LogP) is 3.99. The zero-order chi connectivity index (χ0) is 18.1. The van der Waals surface area contributed by atoms with E-state index in [2.05, 4.69) is 12.2 Å². The van der Waals surface area contributed by atoms with Crippen molar-refractivity contribution in [1.29, 1.82) is 0 Å². The van der Waals surface area contributed by atoms with E-state index >= 15 is 0 Å². The molecule has 2 rings (SSSR count). The predicted molar refractivity (Wildman–Crippen MR) is 98.2 cm³/mol. The van der Waals surface area contributed by atoms with Gasteiger partial charge in [0.25, 0.3) is 0 Å². The van der Waals surface area contributed by atoms with E-state index in [4.69, 9.17) is 4.74 Å². The Balaban J connectivity index is 1.85. The number of hydrogen-bond donors (Lipinski definition) is 1. The lowest BCUT2D eigenvalue weighted by Crippen LogP contribution is -2.35. The lowest BCUT2D eigenvalue weighted by Gasteiger charge is -2.25. The Morgan fingerprint density at radius 1 is 1.08 bits per heavy atom. The van der Waals surface area contributed by atoms with Crippen molar-refractivity contribution in [3.63, 3.8) is 0 Å². The van der Waals surface area contributed by atoms with Gasteiger partial charge >= 0.3 is 6.09 Å². The third kappa shape index (κ3) is 6.01. The number of carbonyl (C=O) groups excluding carboxylic acids is 1. The smallest absolute Gasteiger partial charge is 0.411 e. The Bertz CT molecular complexity index is 638. The maximum atomic E-state index is 12.6. The summed E-state index contributed by atoms with van der Waals surface area (Å²) in [5.41, 5.74) is 0.524. The van der Waals surface area contributed by atoms with Crippen LogP contribution < -0.4 is 5.32 Å². The molecule has 0 aliphatic carbocycles. The third-order valence-electron chi connectivity index (χ3n) is 4.28. The van der Waals surface area contributed by atoms with Crippen molar-refractivity contribution in [2.75, 3.05) is 25.0 Å². The van der Waals surface area contributed by atoms with Gasteiger partial charge in [0.1, 0.15) is 0 Å². The van der Waals surface area contributed by atoms with E-state index in [1.807, 2.05) is 0 Å². The molecule has 140 valence electrons. The van der Waals surface area contributed by atoms with Crippen molar-refractivity contribution in [2.45, 2.75) is 56.8 Å². The highest BCUT2D eigenvalue weighted by atomic mass is 32.2. The van der Waals surface area contributed by atoms with Gasteiger partial charge in [0.15, 0.2) is 0 Å². The minimum absolute atomic E-state index is 0.257. The molecule has 6 nitrogen and oxygen atoms in total. The van der Waals surface area contributed by atoms with Crippen LogP contribution >= 0.6 is 0 Å². The monoisotopic (exact) mass is 368 g/mol. The summed E-state index contributed by atoms with van der Waals surface area (Å²) in [5.74, 6) is 0. The number of carbonyl (C=O) groups is 1. The van der Waals surface area contributed by atoms with Crippen LogP contribution in [0.4, 0.5) is 10.5 Å². The first-order valence-corrected chi connectivity index (χ1v) is 10.5. The van der Waals surface area contributed by atoms with Crippen molar-refractivity contribution in [3.8, 4) is 0 Å². The summed E-state index contributed by atoms with van der Waals surface area (Å²) in [4.78, 5) is 12.0. The Hall–Kier alpha value is -1.60. The van der Waals surface area contributed by atoms with Crippen molar-refractivity contribution in [2.24, 2.45) is 0 Å². The molecule has 0 saturated carbocycles.